The second kappa shape index (κ2) is 7.40. The summed E-state index contributed by atoms with van der Waals surface area (Å²) in [5.74, 6) is -0.150. The fourth-order valence-electron chi connectivity index (χ4n) is 2.53. The van der Waals surface area contributed by atoms with Gasteiger partial charge in [0, 0.05) is 26.1 Å². The Bertz CT molecular complexity index is 915. The van der Waals surface area contributed by atoms with E-state index in [0.29, 0.717) is 6.61 Å². The highest BCUT2D eigenvalue weighted by Crippen LogP contribution is 2.35. The predicted octanol–water partition coefficient (Wildman–Crippen LogP) is 0.760. The molecule has 0 unspecified atom stereocenters. The molecular formula is C15H21N3O6S2. The Morgan fingerprint density at radius 3 is 2.58 bits per heavy atom. The highest BCUT2D eigenvalue weighted by Gasteiger charge is 2.46. The molecule has 1 heterocycles. The number of anilines is 1. The van der Waals surface area contributed by atoms with Crippen LogP contribution in [0.3, 0.4) is 0 Å². The molecule has 144 valence electrons. The van der Waals surface area contributed by atoms with Gasteiger partial charge in [-0.05, 0) is 19.1 Å². The van der Waals surface area contributed by atoms with Crippen molar-refractivity contribution in [3.8, 4) is 11.8 Å². The van der Waals surface area contributed by atoms with Crippen molar-refractivity contribution in [1.82, 2.24) is 4.31 Å². The summed E-state index contributed by atoms with van der Waals surface area (Å²) in [6, 6.07) is 5.90. The number of hydrogen-bond donors (Lipinski definition) is 1. The van der Waals surface area contributed by atoms with Gasteiger partial charge >= 0.3 is 0 Å². The van der Waals surface area contributed by atoms with E-state index in [1.807, 2.05) is 6.07 Å². The number of rotatable bonds is 7. The van der Waals surface area contributed by atoms with Crippen LogP contribution in [-0.4, -0.2) is 59.8 Å². The minimum atomic E-state index is -4.07. The molecule has 0 spiro atoms. The van der Waals surface area contributed by atoms with Gasteiger partial charge in [-0.25, -0.2) is 16.8 Å². The zero-order chi connectivity index (χ0) is 19.6. The van der Waals surface area contributed by atoms with Crippen LogP contribution in [0.5, 0.6) is 5.75 Å². The molecule has 0 bridgehead atoms. The Labute approximate surface area is 153 Å². The van der Waals surface area contributed by atoms with Crippen molar-refractivity contribution in [1.29, 1.82) is 5.26 Å². The fourth-order valence-corrected chi connectivity index (χ4v) is 4.74. The average molecular weight is 403 g/mol. The van der Waals surface area contributed by atoms with Crippen LogP contribution in [0.1, 0.15) is 13.3 Å². The maximum absolute atomic E-state index is 13.0. The number of nitrogens with one attached hydrogen (secondary N) is 1. The van der Waals surface area contributed by atoms with Crippen LogP contribution in [-0.2, 0) is 24.8 Å². The first-order valence-corrected chi connectivity index (χ1v) is 10.9. The average Bonchev–Trinajstić information content (AvgIpc) is 3.10. The lowest BCUT2D eigenvalue weighted by molar-refractivity contribution is 0.162. The van der Waals surface area contributed by atoms with E-state index in [-0.39, 0.29) is 35.1 Å². The third kappa shape index (κ3) is 3.78. The van der Waals surface area contributed by atoms with Crippen molar-refractivity contribution < 1.29 is 26.3 Å². The van der Waals surface area contributed by atoms with Gasteiger partial charge in [-0.15, -0.1) is 0 Å². The molecule has 0 aromatic heterocycles. The highest BCUT2D eigenvalue weighted by atomic mass is 32.2. The lowest BCUT2D eigenvalue weighted by Crippen LogP contribution is -2.49. The van der Waals surface area contributed by atoms with Gasteiger partial charge in [-0.2, -0.15) is 9.57 Å². The quantitative estimate of drug-likeness (QED) is 0.712. The molecule has 0 saturated carbocycles. The van der Waals surface area contributed by atoms with Crippen LogP contribution in [0.2, 0.25) is 0 Å². The molecule has 1 aliphatic heterocycles. The maximum Gasteiger partial charge on any atom is 0.248 e. The van der Waals surface area contributed by atoms with Crippen molar-refractivity contribution >= 4 is 25.7 Å². The second-order valence-electron chi connectivity index (χ2n) is 5.79. The SMILES string of the molecule is CCS(=O)(=O)Nc1ccc(S(=O)(=O)N(C)[C@]2(C#N)CCOC2)c(OC)c1. The molecule has 1 fully saturated rings. The first kappa shape index (κ1) is 20.4. The van der Waals surface area contributed by atoms with Crippen LogP contribution in [0.15, 0.2) is 23.1 Å². The molecule has 26 heavy (non-hydrogen) atoms. The Balaban J connectivity index is 2.45. The lowest BCUT2D eigenvalue weighted by atomic mass is 10.0. The molecule has 1 aromatic carbocycles. The first-order valence-electron chi connectivity index (χ1n) is 7.78. The normalized spacial score (nSPS) is 20.7. The summed E-state index contributed by atoms with van der Waals surface area (Å²) < 4.78 is 63.1. The molecule has 1 aliphatic rings. The van der Waals surface area contributed by atoms with Crippen molar-refractivity contribution in [2.45, 2.75) is 23.8 Å². The van der Waals surface area contributed by atoms with Crippen LogP contribution >= 0.6 is 0 Å². The van der Waals surface area contributed by atoms with Gasteiger partial charge in [0.2, 0.25) is 20.0 Å². The van der Waals surface area contributed by atoms with Crippen molar-refractivity contribution in [3.63, 3.8) is 0 Å². The Kier molecular flexibility index (Phi) is 5.82. The minimum Gasteiger partial charge on any atom is -0.495 e. The van der Waals surface area contributed by atoms with Crippen LogP contribution in [0, 0.1) is 11.3 Å². The number of ether oxygens (including phenoxy) is 2. The third-order valence-corrected chi connectivity index (χ3v) is 7.54. The van der Waals surface area contributed by atoms with Gasteiger partial charge in [0.15, 0.2) is 0 Å². The van der Waals surface area contributed by atoms with E-state index in [2.05, 4.69) is 4.72 Å². The van der Waals surface area contributed by atoms with Crippen LogP contribution in [0.25, 0.3) is 0 Å². The van der Waals surface area contributed by atoms with Crippen LogP contribution in [0.4, 0.5) is 5.69 Å². The fraction of sp³-hybridized carbons (Fsp3) is 0.533. The van der Waals surface area contributed by atoms with E-state index < -0.39 is 25.6 Å². The molecule has 11 heteroatoms. The van der Waals surface area contributed by atoms with E-state index in [0.717, 1.165) is 4.31 Å². The smallest absolute Gasteiger partial charge is 0.248 e. The standard InChI is InChI=1S/C15H21N3O6S2/c1-4-25(19,20)17-12-5-6-14(13(9-12)23-3)26(21,22)18(2)15(10-16)7-8-24-11-15/h5-6,9,17H,4,7-8,11H2,1-3H3/t15-/m0/s1. The molecule has 1 aromatic rings. The van der Waals surface area contributed by atoms with Crippen molar-refractivity contribution in [2.75, 3.05) is 37.8 Å². The second-order valence-corrected chi connectivity index (χ2v) is 9.74. The van der Waals surface area contributed by atoms with E-state index in [1.165, 1.54) is 39.3 Å². The number of hydrogen-bond acceptors (Lipinski definition) is 7. The number of likely N-dealkylation sites (N-methyl/N-ethyl adjacent to an activating group) is 1. The lowest BCUT2D eigenvalue weighted by Gasteiger charge is -2.30. The molecule has 1 saturated heterocycles. The predicted molar refractivity (Wildman–Crippen MR) is 94.8 cm³/mol. The van der Waals surface area contributed by atoms with E-state index in [9.17, 15) is 22.1 Å². The topological polar surface area (TPSA) is 126 Å². The zero-order valence-corrected chi connectivity index (χ0v) is 16.4. The highest BCUT2D eigenvalue weighted by molar-refractivity contribution is 7.92. The van der Waals surface area contributed by atoms with E-state index in [1.54, 1.807) is 0 Å². The largest absolute Gasteiger partial charge is 0.495 e. The van der Waals surface area contributed by atoms with E-state index in [4.69, 9.17) is 9.47 Å². The molecule has 0 amide bonds. The Morgan fingerprint density at radius 2 is 2.08 bits per heavy atom. The molecule has 0 aliphatic carbocycles. The molecule has 9 nitrogen and oxygen atoms in total. The van der Waals surface area contributed by atoms with Crippen molar-refractivity contribution in [2.24, 2.45) is 0 Å². The van der Waals surface area contributed by atoms with E-state index >= 15 is 0 Å². The number of benzene rings is 1. The Hall–Kier alpha value is -1.87. The monoisotopic (exact) mass is 403 g/mol. The summed E-state index contributed by atoms with van der Waals surface area (Å²) in [4.78, 5) is -0.163. The summed E-state index contributed by atoms with van der Waals surface area (Å²) in [5.41, 5.74) is -1.10. The summed E-state index contributed by atoms with van der Waals surface area (Å²) in [5, 5.41) is 9.48. The van der Waals surface area contributed by atoms with Gasteiger partial charge in [-0.3, -0.25) is 4.72 Å². The molecule has 2 rings (SSSR count). The minimum absolute atomic E-state index is 0.0179. The number of nitrogens with zero attached hydrogens (tertiary/aromatic N) is 2. The van der Waals surface area contributed by atoms with Gasteiger partial charge in [0.25, 0.3) is 0 Å². The molecular weight excluding hydrogens is 382 g/mol. The first-order chi connectivity index (χ1) is 12.1. The summed E-state index contributed by atoms with van der Waals surface area (Å²) in [6.07, 6.45) is 0.260. The molecule has 1 N–H and O–H groups in total. The van der Waals surface area contributed by atoms with Gasteiger partial charge < -0.3 is 9.47 Å². The van der Waals surface area contributed by atoms with Gasteiger partial charge in [0.05, 0.1) is 31.2 Å². The summed E-state index contributed by atoms with van der Waals surface area (Å²) >= 11 is 0. The summed E-state index contributed by atoms with van der Waals surface area (Å²) in [7, 11) is -4.98. The Morgan fingerprint density at radius 1 is 1.38 bits per heavy atom. The van der Waals surface area contributed by atoms with Gasteiger partial charge in [-0.1, -0.05) is 0 Å². The zero-order valence-electron chi connectivity index (χ0n) is 14.7. The molecule has 1 atom stereocenters. The van der Waals surface area contributed by atoms with Gasteiger partial charge in [0.1, 0.15) is 16.2 Å². The number of sulfonamides is 2. The molecule has 0 radical (unpaired) electrons. The number of methoxy groups -OCH3 is 1. The number of nitriles is 1. The third-order valence-electron chi connectivity index (χ3n) is 4.27. The van der Waals surface area contributed by atoms with Crippen LogP contribution < -0.4 is 9.46 Å². The van der Waals surface area contributed by atoms with Crippen molar-refractivity contribution in [3.05, 3.63) is 18.2 Å². The summed E-state index contributed by atoms with van der Waals surface area (Å²) in [6.45, 7) is 1.76. The maximum atomic E-state index is 13.0.